The van der Waals surface area contributed by atoms with Crippen molar-refractivity contribution in [3.05, 3.63) is 65.9 Å². The van der Waals surface area contributed by atoms with E-state index in [2.05, 4.69) is 4.98 Å². The maximum absolute atomic E-state index is 11.0. The number of aromatic carboxylic acids is 1. The van der Waals surface area contributed by atoms with Gasteiger partial charge >= 0.3 is 5.97 Å². The van der Waals surface area contributed by atoms with Gasteiger partial charge in [0.05, 0.1) is 5.56 Å². The number of benzene rings is 2. The van der Waals surface area contributed by atoms with Gasteiger partial charge in [0.15, 0.2) is 0 Å². The summed E-state index contributed by atoms with van der Waals surface area (Å²) in [6.07, 6.45) is 1.58. The standard InChI is InChI=1S/C17H13NO3/c1-11-5-7-12(8-6-11)15-10-21-16(18-15)13-3-2-4-14(9-13)17(19)20/h2-10H,1H3,(H,19,20). The zero-order chi connectivity index (χ0) is 14.8. The molecule has 0 radical (unpaired) electrons. The Kier molecular flexibility index (Phi) is 3.28. The quantitative estimate of drug-likeness (QED) is 0.786. The number of carboxylic acid groups (broad SMARTS) is 1. The SMILES string of the molecule is Cc1ccc(-c2coc(-c3cccc(C(=O)O)c3)n2)cc1. The van der Waals surface area contributed by atoms with Gasteiger partial charge in [-0.3, -0.25) is 0 Å². The molecule has 21 heavy (non-hydrogen) atoms. The van der Waals surface area contributed by atoms with Crippen molar-refractivity contribution in [1.29, 1.82) is 0 Å². The van der Waals surface area contributed by atoms with Gasteiger partial charge in [0.2, 0.25) is 5.89 Å². The van der Waals surface area contributed by atoms with Crippen LogP contribution >= 0.6 is 0 Å². The van der Waals surface area contributed by atoms with Gasteiger partial charge in [-0.2, -0.15) is 0 Å². The van der Waals surface area contributed by atoms with E-state index < -0.39 is 5.97 Å². The molecule has 0 aliphatic heterocycles. The Hall–Kier alpha value is -2.88. The molecule has 0 spiro atoms. The lowest BCUT2D eigenvalue weighted by molar-refractivity contribution is 0.0697. The first kappa shape index (κ1) is 13.1. The van der Waals surface area contributed by atoms with Crippen LogP contribution in [0.3, 0.4) is 0 Å². The zero-order valence-electron chi connectivity index (χ0n) is 11.4. The van der Waals surface area contributed by atoms with Gasteiger partial charge in [0.25, 0.3) is 0 Å². The Bertz CT molecular complexity index is 788. The van der Waals surface area contributed by atoms with Crippen LogP contribution in [0.25, 0.3) is 22.7 Å². The Morgan fingerprint density at radius 3 is 2.57 bits per heavy atom. The molecule has 4 heteroatoms. The van der Waals surface area contributed by atoms with E-state index >= 15 is 0 Å². The number of aromatic nitrogens is 1. The van der Waals surface area contributed by atoms with Gasteiger partial charge in [-0.1, -0.05) is 35.9 Å². The van der Waals surface area contributed by atoms with E-state index in [0.29, 0.717) is 11.5 Å². The maximum Gasteiger partial charge on any atom is 0.335 e. The Labute approximate surface area is 121 Å². The summed E-state index contributed by atoms with van der Waals surface area (Å²) in [4.78, 5) is 15.4. The van der Waals surface area contributed by atoms with Gasteiger partial charge in [-0.25, -0.2) is 9.78 Å². The molecule has 0 amide bonds. The molecule has 0 saturated heterocycles. The molecule has 0 bridgehead atoms. The second-order valence-corrected chi connectivity index (χ2v) is 4.79. The van der Waals surface area contributed by atoms with Crippen molar-refractivity contribution >= 4 is 5.97 Å². The average Bonchev–Trinajstić information content (AvgIpc) is 2.98. The molecule has 3 rings (SSSR count). The smallest absolute Gasteiger partial charge is 0.335 e. The monoisotopic (exact) mass is 279 g/mol. The Morgan fingerprint density at radius 1 is 1.10 bits per heavy atom. The van der Waals surface area contributed by atoms with Crippen LogP contribution in [0.2, 0.25) is 0 Å². The van der Waals surface area contributed by atoms with Crippen molar-refractivity contribution in [1.82, 2.24) is 4.98 Å². The fraction of sp³-hybridized carbons (Fsp3) is 0.0588. The summed E-state index contributed by atoms with van der Waals surface area (Å²) in [7, 11) is 0. The van der Waals surface area contributed by atoms with Crippen molar-refractivity contribution in [3.8, 4) is 22.7 Å². The predicted octanol–water partition coefficient (Wildman–Crippen LogP) is 4.02. The van der Waals surface area contributed by atoms with E-state index in [4.69, 9.17) is 9.52 Å². The molecular formula is C17H13NO3. The topological polar surface area (TPSA) is 63.3 Å². The third-order valence-electron chi connectivity index (χ3n) is 3.21. The largest absolute Gasteiger partial charge is 0.478 e. The normalized spacial score (nSPS) is 10.5. The summed E-state index contributed by atoms with van der Waals surface area (Å²) < 4.78 is 5.47. The number of rotatable bonds is 3. The van der Waals surface area contributed by atoms with E-state index in [9.17, 15) is 4.79 Å². The van der Waals surface area contributed by atoms with E-state index in [1.54, 1.807) is 24.5 Å². The number of carbonyl (C=O) groups is 1. The molecular weight excluding hydrogens is 266 g/mol. The molecule has 104 valence electrons. The fourth-order valence-electron chi connectivity index (χ4n) is 2.05. The first-order valence-electron chi connectivity index (χ1n) is 6.50. The number of nitrogens with zero attached hydrogens (tertiary/aromatic N) is 1. The van der Waals surface area contributed by atoms with Crippen LogP contribution in [-0.2, 0) is 0 Å². The second kappa shape index (κ2) is 5.25. The Morgan fingerprint density at radius 2 is 1.86 bits per heavy atom. The van der Waals surface area contributed by atoms with Crippen molar-refractivity contribution < 1.29 is 14.3 Å². The van der Waals surface area contributed by atoms with Crippen molar-refractivity contribution in [2.24, 2.45) is 0 Å². The van der Waals surface area contributed by atoms with Crippen molar-refractivity contribution in [2.45, 2.75) is 6.92 Å². The molecule has 2 aromatic carbocycles. The van der Waals surface area contributed by atoms with Crippen LogP contribution in [0.4, 0.5) is 0 Å². The molecule has 3 aromatic rings. The minimum Gasteiger partial charge on any atom is -0.478 e. The fourth-order valence-corrected chi connectivity index (χ4v) is 2.05. The highest BCUT2D eigenvalue weighted by molar-refractivity contribution is 5.89. The highest BCUT2D eigenvalue weighted by Gasteiger charge is 2.10. The van der Waals surface area contributed by atoms with Crippen LogP contribution in [0.1, 0.15) is 15.9 Å². The number of carboxylic acids is 1. The van der Waals surface area contributed by atoms with Crippen LogP contribution in [0.5, 0.6) is 0 Å². The van der Waals surface area contributed by atoms with Gasteiger partial charge in [-0.05, 0) is 25.1 Å². The van der Waals surface area contributed by atoms with Gasteiger partial charge in [0.1, 0.15) is 12.0 Å². The lowest BCUT2D eigenvalue weighted by Crippen LogP contribution is -1.95. The van der Waals surface area contributed by atoms with Crippen molar-refractivity contribution in [3.63, 3.8) is 0 Å². The molecule has 1 heterocycles. The summed E-state index contributed by atoms with van der Waals surface area (Å²) >= 11 is 0. The van der Waals surface area contributed by atoms with E-state index in [1.807, 2.05) is 31.2 Å². The first-order valence-corrected chi connectivity index (χ1v) is 6.50. The van der Waals surface area contributed by atoms with Crippen LogP contribution in [0.15, 0.2) is 59.2 Å². The Balaban J connectivity index is 1.96. The molecule has 0 aliphatic rings. The molecule has 0 fully saturated rings. The summed E-state index contributed by atoms with van der Waals surface area (Å²) in [5.41, 5.74) is 3.73. The van der Waals surface area contributed by atoms with Gasteiger partial charge < -0.3 is 9.52 Å². The first-order chi connectivity index (χ1) is 10.1. The summed E-state index contributed by atoms with van der Waals surface area (Å²) in [5.74, 6) is -0.559. The predicted molar refractivity (Wildman–Crippen MR) is 79.1 cm³/mol. The molecule has 0 atom stereocenters. The number of hydrogen-bond donors (Lipinski definition) is 1. The number of oxazole rings is 1. The van der Waals surface area contributed by atoms with E-state index in [-0.39, 0.29) is 5.56 Å². The highest BCUT2D eigenvalue weighted by atomic mass is 16.4. The third-order valence-corrected chi connectivity index (χ3v) is 3.21. The number of aryl methyl sites for hydroxylation is 1. The zero-order valence-corrected chi connectivity index (χ0v) is 11.4. The number of hydrogen-bond acceptors (Lipinski definition) is 3. The molecule has 0 unspecified atom stereocenters. The molecule has 0 saturated carbocycles. The average molecular weight is 279 g/mol. The summed E-state index contributed by atoms with van der Waals surface area (Å²) in [6.45, 7) is 2.02. The van der Waals surface area contributed by atoms with Crippen molar-refractivity contribution in [2.75, 3.05) is 0 Å². The summed E-state index contributed by atoms with van der Waals surface area (Å²) in [6, 6.07) is 14.5. The highest BCUT2D eigenvalue weighted by Crippen LogP contribution is 2.25. The minimum atomic E-state index is -0.970. The molecule has 4 nitrogen and oxygen atoms in total. The van der Waals surface area contributed by atoms with Crippen LogP contribution < -0.4 is 0 Å². The third kappa shape index (κ3) is 2.69. The second-order valence-electron chi connectivity index (χ2n) is 4.79. The molecule has 1 aromatic heterocycles. The lowest BCUT2D eigenvalue weighted by Gasteiger charge is -1.98. The van der Waals surface area contributed by atoms with Gasteiger partial charge in [0, 0.05) is 11.1 Å². The summed E-state index contributed by atoms with van der Waals surface area (Å²) in [5, 5.41) is 9.01. The molecule has 0 aliphatic carbocycles. The molecule has 1 N–H and O–H groups in total. The lowest BCUT2D eigenvalue weighted by atomic mass is 10.1. The maximum atomic E-state index is 11.0. The van der Waals surface area contributed by atoms with Crippen LogP contribution in [0, 0.1) is 6.92 Å². The van der Waals surface area contributed by atoms with Crippen LogP contribution in [-0.4, -0.2) is 16.1 Å². The van der Waals surface area contributed by atoms with E-state index in [0.717, 1.165) is 11.3 Å². The minimum absolute atomic E-state index is 0.211. The van der Waals surface area contributed by atoms with E-state index in [1.165, 1.54) is 11.6 Å². The van der Waals surface area contributed by atoms with Gasteiger partial charge in [-0.15, -0.1) is 0 Å².